The molecule has 0 saturated carbocycles. The molecule has 0 aromatic heterocycles. The normalized spacial score (nSPS) is 14.1. The molecule has 0 atom stereocenters. The number of hydrogen-bond acceptors (Lipinski definition) is 1. The summed E-state index contributed by atoms with van der Waals surface area (Å²) >= 11 is 0. The van der Waals surface area contributed by atoms with Gasteiger partial charge in [-0.1, -0.05) is 68.5 Å². The maximum absolute atomic E-state index is 4.16. The van der Waals surface area contributed by atoms with E-state index >= 15 is 0 Å². The minimum absolute atomic E-state index is 1.02. The first-order valence-electron chi connectivity index (χ1n) is 7.82. The van der Waals surface area contributed by atoms with Gasteiger partial charge in [-0.15, -0.1) is 0 Å². The van der Waals surface area contributed by atoms with E-state index in [1.54, 1.807) is 0 Å². The van der Waals surface area contributed by atoms with Gasteiger partial charge in [0.25, 0.3) is 0 Å². The zero-order valence-electron chi connectivity index (χ0n) is 12.8. The Kier molecular flexibility index (Phi) is 4.21. The first-order chi connectivity index (χ1) is 10.3. The molecule has 0 aliphatic carbocycles. The van der Waals surface area contributed by atoms with Crippen molar-refractivity contribution in [2.45, 2.75) is 39.4 Å². The molecule has 21 heavy (non-hydrogen) atoms. The molecular weight excluding hydrogens is 254 g/mol. The highest BCUT2D eigenvalue weighted by Gasteiger charge is 2.17. The quantitative estimate of drug-likeness (QED) is 0.742. The van der Waals surface area contributed by atoms with E-state index in [1.165, 1.54) is 27.8 Å². The van der Waals surface area contributed by atoms with Crippen molar-refractivity contribution in [1.29, 1.82) is 0 Å². The van der Waals surface area contributed by atoms with E-state index in [4.69, 9.17) is 0 Å². The van der Waals surface area contributed by atoms with Crippen molar-refractivity contribution < 1.29 is 0 Å². The molecule has 0 unspecified atom stereocenters. The molecular formula is C20H23N. The van der Waals surface area contributed by atoms with Crippen molar-refractivity contribution in [3.63, 3.8) is 0 Å². The maximum Gasteiger partial charge on any atom is 0.0244 e. The van der Waals surface area contributed by atoms with Crippen molar-refractivity contribution in [1.82, 2.24) is 4.90 Å². The average Bonchev–Trinajstić information content (AvgIpc) is 2.90. The summed E-state index contributed by atoms with van der Waals surface area (Å²) in [6, 6.07) is 17.7. The lowest BCUT2D eigenvalue weighted by atomic mass is 10.0. The third kappa shape index (κ3) is 3.25. The van der Waals surface area contributed by atoms with Crippen LogP contribution in [-0.4, -0.2) is 4.90 Å². The highest BCUT2D eigenvalue weighted by atomic mass is 15.1. The standard InChI is InChI=1S/C20H23N/c1-3-6-16(2)18-11-9-17(10-12-18)13-21-14-19-7-4-5-8-20(19)15-21/h4-5,7-12H,2-3,6,13-15H2,1H3. The molecule has 1 nitrogen and oxygen atoms in total. The van der Waals surface area contributed by atoms with Gasteiger partial charge in [-0.2, -0.15) is 0 Å². The van der Waals surface area contributed by atoms with Crippen molar-refractivity contribution >= 4 is 5.57 Å². The predicted octanol–water partition coefficient (Wildman–Crippen LogP) is 5.02. The Hall–Kier alpha value is -1.86. The van der Waals surface area contributed by atoms with Crippen molar-refractivity contribution in [2.75, 3.05) is 0 Å². The van der Waals surface area contributed by atoms with E-state index in [-0.39, 0.29) is 0 Å². The van der Waals surface area contributed by atoms with Gasteiger partial charge in [0.2, 0.25) is 0 Å². The molecule has 0 saturated heterocycles. The second kappa shape index (κ2) is 6.28. The van der Waals surface area contributed by atoms with Gasteiger partial charge in [0.15, 0.2) is 0 Å². The van der Waals surface area contributed by atoms with E-state index < -0.39 is 0 Å². The lowest BCUT2D eigenvalue weighted by molar-refractivity contribution is 0.275. The van der Waals surface area contributed by atoms with Gasteiger partial charge in [-0.05, 0) is 34.2 Å². The van der Waals surface area contributed by atoms with Crippen LogP contribution in [0.5, 0.6) is 0 Å². The fourth-order valence-electron chi connectivity index (χ4n) is 3.07. The summed E-state index contributed by atoms with van der Waals surface area (Å²) in [7, 11) is 0. The van der Waals surface area contributed by atoms with Gasteiger partial charge in [-0.3, -0.25) is 4.90 Å². The molecule has 1 aliphatic rings. The third-order valence-electron chi connectivity index (χ3n) is 4.23. The minimum Gasteiger partial charge on any atom is -0.291 e. The van der Waals surface area contributed by atoms with E-state index in [0.717, 1.165) is 32.5 Å². The number of hydrogen-bond donors (Lipinski definition) is 0. The van der Waals surface area contributed by atoms with Crippen LogP contribution in [0, 0.1) is 0 Å². The molecule has 0 radical (unpaired) electrons. The van der Waals surface area contributed by atoms with Gasteiger partial charge in [0, 0.05) is 19.6 Å². The number of nitrogens with zero attached hydrogens (tertiary/aromatic N) is 1. The number of benzene rings is 2. The summed E-state index contributed by atoms with van der Waals surface area (Å²) in [4.78, 5) is 2.50. The van der Waals surface area contributed by atoms with Crippen LogP contribution in [0.3, 0.4) is 0 Å². The molecule has 0 fully saturated rings. The van der Waals surface area contributed by atoms with Gasteiger partial charge in [-0.25, -0.2) is 0 Å². The first kappa shape index (κ1) is 14.1. The molecule has 1 aliphatic heterocycles. The van der Waals surface area contributed by atoms with Gasteiger partial charge >= 0.3 is 0 Å². The molecule has 1 heterocycles. The van der Waals surface area contributed by atoms with Crippen molar-refractivity contribution in [3.05, 3.63) is 77.4 Å². The van der Waals surface area contributed by atoms with Crippen molar-refractivity contribution in [3.8, 4) is 0 Å². The molecule has 0 spiro atoms. The molecule has 2 aromatic carbocycles. The highest BCUT2D eigenvalue weighted by molar-refractivity contribution is 5.63. The van der Waals surface area contributed by atoms with Gasteiger partial charge < -0.3 is 0 Å². The minimum atomic E-state index is 1.02. The van der Waals surface area contributed by atoms with Crippen LogP contribution in [0.15, 0.2) is 55.1 Å². The van der Waals surface area contributed by atoms with Crippen LogP contribution in [0.2, 0.25) is 0 Å². The van der Waals surface area contributed by atoms with Crippen LogP contribution in [0.1, 0.15) is 42.0 Å². The summed E-state index contributed by atoms with van der Waals surface area (Å²) in [5, 5.41) is 0. The summed E-state index contributed by atoms with van der Waals surface area (Å²) in [6.07, 6.45) is 2.24. The second-order valence-electron chi connectivity index (χ2n) is 5.96. The van der Waals surface area contributed by atoms with Crippen molar-refractivity contribution in [2.24, 2.45) is 0 Å². The molecule has 0 amide bonds. The summed E-state index contributed by atoms with van der Waals surface area (Å²) in [5.41, 5.74) is 6.87. The summed E-state index contributed by atoms with van der Waals surface area (Å²) in [5.74, 6) is 0. The average molecular weight is 277 g/mol. The maximum atomic E-state index is 4.16. The lowest BCUT2D eigenvalue weighted by Crippen LogP contribution is -2.15. The molecule has 3 rings (SSSR count). The highest BCUT2D eigenvalue weighted by Crippen LogP contribution is 2.24. The Labute approximate surface area is 127 Å². The second-order valence-corrected chi connectivity index (χ2v) is 5.96. The van der Waals surface area contributed by atoms with E-state index in [0.29, 0.717) is 0 Å². The largest absolute Gasteiger partial charge is 0.291 e. The van der Waals surface area contributed by atoms with Crippen LogP contribution in [0.4, 0.5) is 0 Å². The van der Waals surface area contributed by atoms with Crippen LogP contribution in [-0.2, 0) is 19.6 Å². The Morgan fingerprint density at radius 3 is 2.19 bits per heavy atom. The third-order valence-corrected chi connectivity index (χ3v) is 4.23. The monoisotopic (exact) mass is 277 g/mol. The first-order valence-corrected chi connectivity index (χ1v) is 7.82. The Morgan fingerprint density at radius 1 is 1.00 bits per heavy atom. The van der Waals surface area contributed by atoms with E-state index in [9.17, 15) is 0 Å². The smallest absolute Gasteiger partial charge is 0.0244 e. The zero-order chi connectivity index (χ0) is 14.7. The van der Waals surface area contributed by atoms with E-state index in [1.807, 2.05) is 0 Å². The Balaban J connectivity index is 1.63. The van der Waals surface area contributed by atoms with E-state index in [2.05, 4.69) is 66.9 Å². The number of fused-ring (bicyclic) bond motifs is 1. The molecule has 0 bridgehead atoms. The van der Waals surface area contributed by atoms with Crippen LogP contribution < -0.4 is 0 Å². The summed E-state index contributed by atoms with van der Waals surface area (Å²) < 4.78 is 0. The topological polar surface area (TPSA) is 3.24 Å². The Bertz CT molecular complexity index is 600. The molecule has 108 valence electrons. The molecule has 2 aromatic rings. The van der Waals surface area contributed by atoms with Crippen LogP contribution >= 0.6 is 0 Å². The zero-order valence-corrected chi connectivity index (χ0v) is 12.8. The fourth-order valence-corrected chi connectivity index (χ4v) is 3.07. The molecule has 0 N–H and O–H groups in total. The molecule has 1 heteroatoms. The SMILES string of the molecule is C=C(CCC)c1ccc(CN2Cc3ccccc3C2)cc1. The lowest BCUT2D eigenvalue weighted by Gasteiger charge is -2.15. The predicted molar refractivity (Wildman–Crippen MR) is 89.8 cm³/mol. The van der Waals surface area contributed by atoms with Gasteiger partial charge in [0.05, 0.1) is 0 Å². The Morgan fingerprint density at radius 2 is 1.62 bits per heavy atom. The number of rotatable bonds is 5. The fraction of sp³-hybridized carbons (Fsp3) is 0.300. The van der Waals surface area contributed by atoms with Crippen LogP contribution in [0.25, 0.3) is 5.57 Å². The summed E-state index contributed by atoms with van der Waals surface area (Å²) in [6.45, 7) is 9.53. The van der Waals surface area contributed by atoms with Gasteiger partial charge in [0.1, 0.15) is 0 Å². The number of allylic oxidation sites excluding steroid dienone is 1.